The minimum atomic E-state index is -4.37. The third kappa shape index (κ3) is 4.08. The fourth-order valence-electron chi connectivity index (χ4n) is 1.19. The Kier molecular flexibility index (Phi) is 5.38. The molecular formula is C9H10Cl2F3NO. The Labute approximate surface area is 102 Å². The summed E-state index contributed by atoms with van der Waals surface area (Å²) in [6.45, 7) is 0. The van der Waals surface area contributed by atoms with E-state index in [1.54, 1.807) is 0 Å². The lowest BCUT2D eigenvalue weighted by Gasteiger charge is -2.15. The van der Waals surface area contributed by atoms with Crippen molar-refractivity contribution in [2.75, 3.05) is 0 Å². The van der Waals surface area contributed by atoms with Gasteiger partial charge in [0.2, 0.25) is 0 Å². The monoisotopic (exact) mass is 275 g/mol. The van der Waals surface area contributed by atoms with Crippen LogP contribution in [0.3, 0.4) is 0 Å². The van der Waals surface area contributed by atoms with Gasteiger partial charge in [-0.05, 0) is 6.07 Å². The zero-order chi connectivity index (χ0) is 11.6. The molecule has 0 aromatic heterocycles. The maximum Gasteiger partial charge on any atom is 0.390 e. The number of para-hydroxylation sites is 1. The van der Waals surface area contributed by atoms with Gasteiger partial charge in [-0.2, -0.15) is 13.2 Å². The molecule has 7 heteroatoms. The largest absolute Gasteiger partial charge is 0.506 e. The summed E-state index contributed by atoms with van der Waals surface area (Å²) >= 11 is 5.54. The minimum Gasteiger partial charge on any atom is -0.506 e. The predicted molar refractivity (Wildman–Crippen MR) is 58.0 cm³/mol. The highest BCUT2D eigenvalue weighted by atomic mass is 35.5. The number of benzene rings is 1. The number of hydrogen-bond donors (Lipinski definition) is 2. The first-order chi connectivity index (χ1) is 6.81. The van der Waals surface area contributed by atoms with E-state index < -0.39 is 24.4 Å². The Balaban J connectivity index is 0.00000225. The van der Waals surface area contributed by atoms with Crippen molar-refractivity contribution in [2.24, 2.45) is 5.73 Å². The van der Waals surface area contributed by atoms with E-state index in [9.17, 15) is 18.3 Å². The Morgan fingerprint density at radius 1 is 1.38 bits per heavy atom. The summed E-state index contributed by atoms with van der Waals surface area (Å²) in [6, 6.07) is 2.83. The van der Waals surface area contributed by atoms with E-state index >= 15 is 0 Å². The molecule has 1 aromatic rings. The molecule has 0 amide bonds. The first-order valence-electron chi connectivity index (χ1n) is 4.11. The fraction of sp³-hybridized carbons (Fsp3) is 0.333. The average Bonchev–Trinajstić information content (AvgIpc) is 2.06. The number of nitrogens with two attached hydrogens (primary N) is 1. The van der Waals surface area contributed by atoms with Crippen LogP contribution in [0.2, 0.25) is 5.02 Å². The van der Waals surface area contributed by atoms with Crippen LogP contribution in [0.1, 0.15) is 18.0 Å². The molecule has 0 aliphatic carbocycles. The van der Waals surface area contributed by atoms with Crippen molar-refractivity contribution in [1.82, 2.24) is 0 Å². The van der Waals surface area contributed by atoms with Crippen molar-refractivity contribution in [2.45, 2.75) is 18.6 Å². The van der Waals surface area contributed by atoms with Crippen molar-refractivity contribution < 1.29 is 18.3 Å². The van der Waals surface area contributed by atoms with Gasteiger partial charge in [0, 0.05) is 11.6 Å². The van der Waals surface area contributed by atoms with E-state index in [1.165, 1.54) is 18.2 Å². The number of hydrogen-bond acceptors (Lipinski definition) is 2. The Morgan fingerprint density at radius 3 is 2.44 bits per heavy atom. The van der Waals surface area contributed by atoms with E-state index in [-0.39, 0.29) is 23.0 Å². The average molecular weight is 276 g/mol. The van der Waals surface area contributed by atoms with Crippen molar-refractivity contribution in [1.29, 1.82) is 0 Å². The SMILES string of the molecule is Cl.N[C@@H](CC(F)(F)F)c1cccc(Cl)c1O. The topological polar surface area (TPSA) is 46.2 Å². The van der Waals surface area contributed by atoms with Crippen molar-refractivity contribution in [3.63, 3.8) is 0 Å². The lowest BCUT2D eigenvalue weighted by Crippen LogP contribution is -2.20. The third-order valence-corrected chi connectivity index (χ3v) is 2.17. The van der Waals surface area contributed by atoms with Gasteiger partial charge in [-0.25, -0.2) is 0 Å². The summed E-state index contributed by atoms with van der Waals surface area (Å²) in [5, 5.41) is 9.38. The van der Waals surface area contributed by atoms with Crippen LogP contribution in [-0.4, -0.2) is 11.3 Å². The van der Waals surface area contributed by atoms with Crippen molar-refractivity contribution in [3.8, 4) is 5.75 Å². The second-order valence-electron chi connectivity index (χ2n) is 3.10. The quantitative estimate of drug-likeness (QED) is 0.869. The molecule has 1 atom stereocenters. The number of halogens is 5. The van der Waals surface area contributed by atoms with Crippen molar-refractivity contribution >= 4 is 24.0 Å². The maximum absolute atomic E-state index is 12.0. The lowest BCUT2D eigenvalue weighted by molar-refractivity contribution is -0.138. The molecule has 2 nitrogen and oxygen atoms in total. The van der Waals surface area contributed by atoms with Gasteiger partial charge in [-0.1, -0.05) is 23.7 Å². The molecule has 0 saturated carbocycles. The molecule has 0 bridgehead atoms. The van der Waals surface area contributed by atoms with Crippen LogP contribution in [0.5, 0.6) is 5.75 Å². The number of aromatic hydroxyl groups is 1. The summed E-state index contributed by atoms with van der Waals surface area (Å²) < 4.78 is 36.1. The van der Waals surface area contributed by atoms with E-state index in [1.807, 2.05) is 0 Å². The molecule has 0 fully saturated rings. The summed E-state index contributed by atoms with van der Waals surface area (Å²) in [5.41, 5.74) is 5.31. The second-order valence-corrected chi connectivity index (χ2v) is 3.51. The molecular weight excluding hydrogens is 266 g/mol. The van der Waals surface area contributed by atoms with Gasteiger partial charge in [0.15, 0.2) is 0 Å². The molecule has 16 heavy (non-hydrogen) atoms. The summed E-state index contributed by atoms with van der Waals surface area (Å²) in [6.07, 6.45) is -5.56. The van der Waals surface area contributed by atoms with Gasteiger partial charge in [-0.15, -0.1) is 12.4 Å². The van der Waals surface area contributed by atoms with Gasteiger partial charge >= 0.3 is 6.18 Å². The molecule has 0 spiro atoms. The van der Waals surface area contributed by atoms with Gasteiger partial charge in [0.1, 0.15) is 5.75 Å². The van der Waals surface area contributed by atoms with Crippen LogP contribution in [0.15, 0.2) is 18.2 Å². The highest BCUT2D eigenvalue weighted by Crippen LogP contribution is 2.35. The standard InChI is InChI=1S/C9H9ClF3NO.ClH/c10-6-3-1-2-5(8(6)15)7(14)4-9(11,12)13;/h1-3,7,15H,4,14H2;1H/t7-;/m0./s1. The van der Waals surface area contributed by atoms with Crippen LogP contribution in [0, 0.1) is 0 Å². The molecule has 0 saturated heterocycles. The molecule has 0 aliphatic heterocycles. The first kappa shape index (κ1) is 15.3. The van der Waals surface area contributed by atoms with E-state index in [4.69, 9.17) is 17.3 Å². The molecule has 0 aliphatic rings. The van der Waals surface area contributed by atoms with Crippen LogP contribution in [0.4, 0.5) is 13.2 Å². The van der Waals surface area contributed by atoms with Crippen LogP contribution in [-0.2, 0) is 0 Å². The highest BCUT2D eigenvalue weighted by Gasteiger charge is 2.32. The van der Waals surface area contributed by atoms with E-state index in [0.29, 0.717) is 0 Å². The summed E-state index contributed by atoms with van der Waals surface area (Å²) in [7, 11) is 0. The van der Waals surface area contributed by atoms with Crippen LogP contribution < -0.4 is 5.73 Å². The van der Waals surface area contributed by atoms with Gasteiger partial charge in [0.05, 0.1) is 11.4 Å². The minimum absolute atomic E-state index is 0. The Hall–Kier alpha value is -0.650. The first-order valence-corrected chi connectivity index (χ1v) is 4.49. The van der Waals surface area contributed by atoms with Gasteiger partial charge in [0.25, 0.3) is 0 Å². The van der Waals surface area contributed by atoms with Crippen LogP contribution in [0.25, 0.3) is 0 Å². The molecule has 0 radical (unpaired) electrons. The summed E-state index contributed by atoms with van der Waals surface area (Å²) in [4.78, 5) is 0. The maximum atomic E-state index is 12.0. The third-order valence-electron chi connectivity index (χ3n) is 1.87. The van der Waals surface area contributed by atoms with Crippen LogP contribution >= 0.6 is 24.0 Å². The molecule has 1 aromatic carbocycles. The molecule has 3 N–H and O–H groups in total. The normalized spacial score (nSPS) is 13.1. The smallest absolute Gasteiger partial charge is 0.390 e. The number of alkyl halides is 3. The lowest BCUT2D eigenvalue weighted by atomic mass is 10.0. The molecule has 0 heterocycles. The number of phenols is 1. The predicted octanol–water partition coefficient (Wildman–Crippen LogP) is 3.42. The zero-order valence-electron chi connectivity index (χ0n) is 7.96. The zero-order valence-corrected chi connectivity index (χ0v) is 9.53. The second kappa shape index (κ2) is 5.61. The van der Waals surface area contributed by atoms with Gasteiger partial charge in [-0.3, -0.25) is 0 Å². The molecule has 1 rings (SSSR count). The highest BCUT2D eigenvalue weighted by molar-refractivity contribution is 6.32. The Morgan fingerprint density at radius 2 is 1.94 bits per heavy atom. The Bertz CT molecular complexity index is 357. The van der Waals surface area contributed by atoms with E-state index in [0.717, 1.165) is 0 Å². The van der Waals surface area contributed by atoms with Gasteiger partial charge < -0.3 is 10.8 Å². The number of rotatable bonds is 2. The molecule has 0 unspecified atom stereocenters. The fourth-order valence-corrected chi connectivity index (χ4v) is 1.37. The number of phenolic OH excluding ortho intramolecular Hbond substituents is 1. The molecule has 92 valence electrons. The van der Waals surface area contributed by atoms with E-state index in [2.05, 4.69) is 0 Å². The van der Waals surface area contributed by atoms with Crippen molar-refractivity contribution in [3.05, 3.63) is 28.8 Å². The summed E-state index contributed by atoms with van der Waals surface area (Å²) in [5.74, 6) is -0.393.